The fourth-order valence-electron chi connectivity index (χ4n) is 3.09. The van der Waals surface area contributed by atoms with Gasteiger partial charge in [-0.25, -0.2) is 0 Å². The number of benzene rings is 2. The van der Waals surface area contributed by atoms with Crippen molar-refractivity contribution >= 4 is 17.7 Å². The second-order valence-electron chi connectivity index (χ2n) is 7.79. The minimum absolute atomic E-state index is 0.0626. The fraction of sp³-hybridized carbons (Fsp3) is 0.364. The van der Waals surface area contributed by atoms with Crippen LogP contribution in [-0.2, 0) is 4.79 Å². The Labute approximate surface area is 180 Å². The van der Waals surface area contributed by atoms with Gasteiger partial charge in [-0.3, -0.25) is 4.79 Å². The third kappa shape index (κ3) is 5.38. The van der Waals surface area contributed by atoms with Crippen molar-refractivity contribution in [1.82, 2.24) is 25.5 Å². The third-order valence-electron chi connectivity index (χ3n) is 4.81. The highest BCUT2D eigenvalue weighted by molar-refractivity contribution is 7.99. The standard InChI is InChI=1S/C22H27N5O2S/c1-14(2)16-5-7-17(8-6-16)21(15(3)4)23-20(29)13-30-22-24-25-26-27(22)18-9-11-19(28)12-10-18/h5-12,14-15,21,28H,13H2,1-4H3,(H,23,29)/t21-/m1/s1. The highest BCUT2D eigenvalue weighted by Crippen LogP contribution is 2.25. The number of amides is 1. The van der Waals surface area contributed by atoms with Gasteiger partial charge < -0.3 is 10.4 Å². The maximum Gasteiger partial charge on any atom is 0.230 e. The molecule has 2 N–H and O–H groups in total. The van der Waals surface area contributed by atoms with Crippen molar-refractivity contribution in [2.75, 3.05) is 5.75 Å². The number of hydrogen-bond acceptors (Lipinski definition) is 6. The molecule has 8 heteroatoms. The molecule has 30 heavy (non-hydrogen) atoms. The van der Waals surface area contributed by atoms with Crippen LogP contribution in [0.5, 0.6) is 5.75 Å². The molecule has 0 bridgehead atoms. The van der Waals surface area contributed by atoms with Gasteiger partial charge in [-0.1, -0.05) is 63.7 Å². The van der Waals surface area contributed by atoms with Gasteiger partial charge in [0.1, 0.15) is 5.75 Å². The number of phenols is 1. The Hall–Kier alpha value is -2.87. The van der Waals surface area contributed by atoms with E-state index in [1.807, 2.05) is 0 Å². The zero-order valence-corrected chi connectivity index (χ0v) is 18.4. The van der Waals surface area contributed by atoms with Crippen LogP contribution < -0.4 is 5.32 Å². The van der Waals surface area contributed by atoms with Crippen molar-refractivity contribution < 1.29 is 9.90 Å². The third-order valence-corrected chi connectivity index (χ3v) is 5.73. The molecule has 7 nitrogen and oxygen atoms in total. The van der Waals surface area contributed by atoms with Crippen LogP contribution >= 0.6 is 11.8 Å². The number of carbonyl (C=O) groups is 1. The molecule has 3 aromatic rings. The Morgan fingerprint density at radius 2 is 1.67 bits per heavy atom. The van der Waals surface area contributed by atoms with Gasteiger partial charge in [0.25, 0.3) is 0 Å². The van der Waals surface area contributed by atoms with Crippen LogP contribution in [0.2, 0.25) is 0 Å². The van der Waals surface area contributed by atoms with Crippen LogP contribution in [0.1, 0.15) is 50.8 Å². The molecule has 0 aliphatic heterocycles. The van der Waals surface area contributed by atoms with Crippen LogP contribution in [0.4, 0.5) is 0 Å². The van der Waals surface area contributed by atoms with Crippen LogP contribution in [0, 0.1) is 5.92 Å². The van der Waals surface area contributed by atoms with E-state index in [-0.39, 0.29) is 29.4 Å². The Morgan fingerprint density at radius 3 is 2.27 bits per heavy atom. The van der Waals surface area contributed by atoms with E-state index in [1.54, 1.807) is 28.9 Å². The van der Waals surface area contributed by atoms with Crippen molar-refractivity contribution in [3.05, 3.63) is 59.7 Å². The SMILES string of the molecule is CC(C)c1ccc([C@H](NC(=O)CSc2nnnn2-c2ccc(O)cc2)C(C)C)cc1. The molecular formula is C22H27N5O2S. The topological polar surface area (TPSA) is 92.9 Å². The van der Waals surface area contributed by atoms with Crippen LogP contribution in [0.3, 0.4) is 0 Å². The fourth-order valence-corrected chi connectivity index (χ4v) is 3.80. The molecule has 0 radical (unpaired) electrons. The summed E-state index contributed by atoms with van der Waals surface area (Å²) in [7, 11) is 0. The van der Waals surface area contributed by atoms with Crippen LogP contribution in [0.15, 0.2) is 53.7 Å². The number of rotatable bonds is 8. The predicted molar refractivity (Wildman–Crippen MR) is 118 cm³/mol. The number of thioether (sulfide) groups is 1. The first-order valence-corrected chi connectivity index (χ1v) is 10.9. The van der Waals surface area contributed by atoms with E-state index < -0.39 is 0 Å². The number of carbonyl (C=O) groups excluding carboxylic acids is 1. The van der Waals surface area contributed by atoms with Gasteiger partial charge in [0.2, 0.25) is 11.1 Å². The van der Waals surface area contributed by atoms with Gasteiger partial charge in [-0.05, 0) is 57.7 Å². The monoisotopic (exact) mass is 425 g/mol. The minimum Gasteiger partial charge on any atom is -0.508 e. The number of nitrogens with zero attached hydrogens (tertiary/aromatic N) is 4. The quantitative estimate of drug-likeness (QED) is 0.528. The van der Waals surface area contributed by atoms with E-state index in [2.05, 4.69) is 72.8 Å². The van der Waals surface area contributed by atoms with Gasteiger partial charge in [-0.2, -0.15) is 4.68 Å². The van der Waals surface area contributed by atoms with Crippen LogP contribution in [0.25, 0.3) is 5.69 Å². The molecule has 3 rings (SSSR count). The largest absolute Gasteiger partial charge is 0.508 e. The average molecular weight is 426 g/mol. The highest BCUT2D eigenvalue weighted by Gasteiger charge is 2.19. The second kappa shape index (κ2) is 9.75. The number of nitrogens with one attached hydrogen (secondary N) is 1. The zero-order valence-electron chi connectivity index (χ0n) is 17.6. The molecule has 1 heterocycles. The van der Waals surface area contributed by atoms with Crippen molar-refractivity contribution in [1.29, 1.82) is 0 Å². The molecule has 1 atom stereocenters. The van der Waals surface area contributed by atoms with Crippen molar-refractivity contribution in [2.24, 2.45) is 5.92 Å². The van der Waals surface area contributed by atoms with E-state index in [0.29, 0.717) is 16.8 Å². The summed E-state index contributed by atoms with van der Waals surface area (Å²) in [5.41, 5.74) is 3.09. The summed E-state index contributed by atoms with van der Waals surface area (Å²) in [6.45, 7) is 8.53. The highest BCUT2D eigenvalue weighted by atomic mass is 32.2. The number of hydrogen-bond donors (Lipinski definition) is 2. The van der Waals surface area contributed by atoms with E-state index in [4.69, 9.17) is 0 Å². The lowest BCUT2D eigenvalue weighted by Crippen LogP contribution is -2.33. The van der Waals surface area contributed by atoms with Crippen molar-refractivity contribution in [3.8, 4) is 11.4 Å². The summed E-state index contributed by atoms with van der Waals surface area (Å²) in [5, 5.41) is 24.8. The number of phenolic OH excluding ortho intramolecular Hbond substituents is 1. The summed E-state index contributed by atoms with van der Waals surface area (Å²) in [4.78, 5) is 12.7. The van der Waals surface area contributed by atoms with Gasteiger partial charge >= 0.3 is 0 Å². The Bertz CT molecular complexity index is 968. The maximum atomic E-state index is 12.7. The molecule has 0 aliphatic carbocycles. The van der Waals surface area contributed by atoms with E-state index >= 15 is 0 Å². The minimum atomic E-state index is -0.0770. The smallest absolute Gasteiger partial charge is 0.230 e. The first-order chi connectivity index (χ1) is 14.3. The second-order valence-corrected chi connectivity index (χ2v) is 8.73. The molecular weight excluding hydrogens is 398 g/mol. The lowest BCUT2D eigenvalue weighted by Gasteiger charge is -2.23. The average Bonchev–Trinajstić information content (AvgIpc) is 3.19. The molecule has 0 fully saturated rings. The summed E-state index contributed by atoms with van der Waals surface area (Å²) in [6, 6.07) is 14.9. The number of aromatic nitrogens is 4. The Kier molecular flexibility index (Phi) is 7.10. The summed E-state index contributed by atoms with van der Waals surface area (Å²) < 4.78 is 1.54. The molecule has 0 saturated heterocycles. The Morgan fingerprint density at radius 1 is 1.03 bits per heavy atom. The van der Waals surface area contributed by atoms with Gasteiger partial charge in [0.15, 0.2) is 0 Å². The Balaban J connectivity index is 1.64. The molecule has 0 spiro atoms. The van der Waals surface area contributed by atoms with Gasteiger partial charge in [-0.15, -0.1) is 5.10 Å². The van der Waals surface area contributed by atoms with Gasteiger partial charge in [0, 0.05) is 0 Å². The van der Waals surface area contributed by atoms with E-state index in [0.717, 1.165) is 5.56 Å². The van der Waals surface area contributed by atoms with Crippen molar-refractivity contribution in [3.63, 3.8) is 0 Å². The maximum absolute atomic E-state index is 12.7. The van der Waals surface area contributed by atoms with Crippen molar-refractivity contribution in [2.45, 2.75) is 44.8 Å². The molecule has 2 aromatic carbocycles. The lowest BCUT2D eigenvalue weighted by atomic mass is 9.93. The molecule has 1 aromatic heterocycles. The number of aromatic hydroxyl groups is 1. The first kappa shape index (κ1) is 21.8. The molecule has 0 unspecified atom stereocenters. The zero-order chi connectivity index (χ0) is 21.7. The molecule has 0 saturated carbocycles. The number of tetrazole rings is 1. The first-order valence-electron chi connectivity index (χ1n) is 9.95. The summed E-state index contributed by atoms with van der Waals surface area (Å²) in [6.07, 6.45) is 0. The molecule has 1 amide bonds. The molecule has 158 valence electrons. The summed E-state index contributed by atoms with van der Waals surface area (Å²) >= 11 is 1.27. The van der Waals surface area contributed by atoms with E-state index in [1.165, 1.54) is 17.3 Å². The molecule has 0 aliphatic rings. The normalized spacial score (nSPS) is 12.3. The van der Waals surface area contributed by atoms with Crippen LogP contribution in [-0.4, -0.2) is 37.0 Å². The van der Waals surface area contributed by atoms with Gasteiger partial charge in [0.05, 0.1) is 17.5 Å². The predicted octanol–water partition coefficient (Wildman–Crippen LogP) is 4.10. The van der Waals surface area contributed by atoms with E-state index in [9.17, 15) is 9.90 Å². The summed E-state index contributed by atoms with van der Waals surface area (Å²) in [5.74, 6) is 1.02. The lowest BCUT2D eigenvalue weighted by molar-refractivity contribution is -0.119.